The van der Waals surface area contributed by atoms with Gasteiger partial charge in [0.15, 0.2) is 0 Å². The monoisotopic (exact) mass is 213 g/mol. The van der Waals surface area contributed by atoms with Crippen LogP contribution in [0.5, 0.6) is 0 Å². The molecule has 1 aliphatic heterocycles. The van der Waals surface area contributed by atoms with Crippen molar-refractivity contribution in [2.24, 2.45) is 0 Å². The van der Waals surface area contributed by atoms with Gasteiger partial charge in [0.1, 0.15) is 0 Å². The Kier molecular flexibility index (Phi) is 5.03. The molecule has 1 rings (SSSR count). The minimum absolute atomic E-state index is 0.344. The summed E-state index contributed by atoms with van der Waals surface area (Å²) in [5, 5.41) is 3.20. The van der Waals surface area contributed by atoms with Gasteiger partial charge in [-0.05, 0) is 47.3 Å². The highest BCUT2D eigenvalue weighted by molar-refractivity contribution is 4.81. The summed E-state index contributed by atoms with van der Waals surface area (Å²) < 4.78 is 0. The predicted octanol–water partition coefficient (Wildman–Crippen LogP) is 1.01. The first-order valence-electron chi connectivity index (χ1n) is 6.16. The Labute approximate surface area is 94.8 Å². The lowest BCUT2D eigenvalue weighted by atomic mass is 10.0. The molecule has 0 bridgehead atoms. The van der Waals surface area contributed by atoms with Crippen molar-refractivity contribution >= 4 is 0 Å². The quantitative estimate of drug-likeness (QED) is 0.703. The van der Waals surface area contributed by atoms with E-state index in [0.717, 1.165) is 6.54 Å². The highest BCUT2D eigenvalue weighted by atomic mass is 15.3. The highest BCUT2D eigenvalue weighted by Gasteiger charge is 2.25. The smallest absolute Gasteiger partial charge is 0.0126 e. The van der Waals surface area contributed by atoms with Crippen molar-refractivity contribution in [1.82, 2.24) is 15.1 Å². The van der Waals surface area contributed by atoms with Crippen LogP contribution >= 0.6 is 0 Å². The maximum Gasteiger partial charge on any atom is 0.0126 e. The first kappa shape index (κ1) is 12.9. The average Bonchev–Trinajstić information content (AvgIpc) is 2.18. The standard InChI is InChI=1S/C12H27N3/c1-12(2,3)15-10-8-14(9-11-15)7-5-6-13-4/h13H,5-11H2,1-4H3. The van der Waals surface area contributed by atoms with E-state index in [-0.39, 0.29) is 0 Å². The summed E-state index contributed by atoms with van der Waals surface area (Å²) in [5.74, 6) is 0. The Morgan fingerprint density at radius 2 is 1.67 bits per heavy atom. The van der Waals surface area contributed by atoms with E-state index in [9.17, 15) is 0 Å². The van der Waals surface area contributed by atoms with E-state index >= 15 is 0 Å². The fourth-order valence-corrected chi connectivity index (χ4v) is 2.12. The lowest BCUT2D eigenvalue weighted by molar-refractivity contribution is 0.0620. The van der Waals surface area contributed by atoms with Crippen LogP contribution in [-0.4, -0.2) is 61.7 Å². The fraction of sp³-hybridized carbons (Fsp3) is 1.00. The molecule has 1 N–H and O–H groups in total. The van der Waals surface area contributed by atoms with Gasteiger partial charge < -0.3 is 10.2 Å². The van der Waals surface area contributed by atoms with Crippen LogP contribution in [0.4, 0.5) is 0 Å². The molecule has 0 amide bonds. The lowest BCUT2D eigenvalue weighted by Crippen LogP contribution is -2.53. The largest absolute Gasteiger partial charge is 0.320 e. The third-order valence-corrected chi connectivity index (χ3v) is 3.22. The molecule has 1 aliphatic rings. The minimum Gasteiger partial charge on any atom is -0.320 e. The molecule has 0 spiro atoms. The van der Waals surface area contributed by atoms with E-state index in [2.05, 4.69) is 35.9 Å². The van der Waals surface area contributed by atoms with Crippen LogP contribution in [0, 0.1) is 0 Å². The van der Waals surface area contributed by atoms with E-state index in [1.165, 1.54) is 39.1 Å². The zero-order valence-corrected chi connectivity index (χ0v) is 10.8. The van der Waals surface area contributed by atoms with Crippen molar-refractivity contribution in [2.45, 2.75) is 32.7 Å². The van der Waals surface area contributed by atoms with Crippen molar-refractivity contribution < 1.29 is 0 Å². The van der Waals surface area contributed by atoms with E-state index in [4.69, 9.17) is 0 Å². The van der Waals surface area contributed by atoms with Gasteiger partial charge in [-0.15, -0.1) is 0 Å². The first-order valence-corrected chi connectivity index (χ1v) is 6.16. The molecule has 0 saturated carbocycles. The Morgan fingerprint density at radius 3 is 2.13 bits per heavy atom. The van der Waals surface area contributed by atoms with Crippen LogP contribution in [0.3, 0.4) is 0 Å². The Hall–Kier alpha value is -0.120. The number of piperazine rings is 1. The minimum atomic E-state index is 0.344. The highest BCUT2D eigenvalue weighted by Crippen LogP contribution is 2.15. The summed E-state index contributed by atoms with van der Waals surface area (Å²) in [4.78, 5) is 5.17. The van der Waals surface area contributed by atoms with Gasteiger partial charge in [-0.25, -0.2) is 0 Å². The molecule has 0 aliphatic carbocycles. The summed E-state index contributed by atoms with van der Waals surface area (Å²) in [6.07, 6.45) is 1.27. The molecule has 0 unspecified atom stereocenters. The maximum absolute atomic E-state index is 3.20. The molecule has 0 aromatic heterocycles. The van der Waals surface area contributed by atoms with E-state index in [1.807, 2.05) is 7.05 Å². The normalized spacial score (nSPS) is 20.8. The van der Waals surface area contributed by atoms with Crippen molar-refractivity contribution in [3.8, 4) is 0 Å². The topological polar surface area (TPSA) is 18.5 Å². The Bertz CT molecular complexity index is 166. The molecule has 1 fully saturated rings. The van der Waals surface area contributed by atoms with Crippen molar-refractivity contribution in [3.05, 3.63) is 0 Å². The number of nitrogens with one attached hydrogen (secondary N) is 1. The molecule has 0 atom stereocenters. The van der Waals surface area contributed by atoms with E-state index < -0.39 is 0 Å². The summed E-state index contributed by atoms with van der Waals surface area (Å²) >= 11 is 0. The van der Waals surface area contributed by atoms with Gasteiger partial charge in [0.2, 0.25) is 0 Å². The van der Waals surface area contributed by atoms with Crippen LogP contribution in [0.1, 0.15) is 27.2 Å². The van der Waals surface area contributed by atoms with Gasteiger partial charge in [-0.2, -0.15) is 0 Å². The van der Waals surface area contributed by atoms with Gasteiger partial charge in [-0.3, -0.25) is 4.90 Å². The Balaban J connectivity index is 2.18. The summed E-state index contributed by atoms with van der Waals surface area (Å²) in [5.41, 5.74) is 0.344. The van der Waals surface area contributed by atoms with Gasteiger partial charge >= 0.3 is 0 Å². The van der Waals surface area contributed by atoms with Crippen LogP contribution in [0.25, 0.3) is 0 Å². The summed E-state index contributed by atoms with van der Waals surface area (Å²) in [7, 11) is 2.03. The van der Waals surface area contributed by atoms with Crippen molar-refractivity contribution in [1.29, 1.82) is 0 Å². The molecule has 0 aromatic carbocycles. The predicted molar refractivity (Wildman–Crippen MR) is 66.3 cm³/mol. The maximum atomic E-state index is 3.20. The molecule has 3 heteroatoms. The van der Waals surface area contributed by atoms with Gasteiger partial charge in [0, 0.05) is 31.7 Å². The van der Waals surface area contributed by atoms with Crippen LogP contribution in [-0.2, 0) is 0 Å². The third-order valence-electron chi connectivity index (χ3n) is 3.22. The molecule has 90 valence electrons. The fourth-order valence-electron chi connectivity index (χ4n) is 2.12. The zero-order chi connectivity index (χ0) is 11.3. The molecular formula is C12H27N3. The molecule has 0 radical (unpaired) electrons. The summed E-state index contributed by atoms with van der Waals surface area (Å²) in [6.45, 7) is 14.2. The summed E-state index contributed by atoms with van der Waals surface area (Å²) in [6, 6.07) is 0. The van der Waals surface area contributed by atoms with Crippen molar-refractivity contribution in [3.63, 3.8) is 0 Å². The second kappa shape index (κ2) is 5.83. The van der Waals surface area contributed by atoms with Gasteiger partial charge in [0.05, 0.1) is 0 Å². The SMILES string of the molecule is CNCCCN1CCN(C(C)(C)C)CC1. The molecule has 1 heterocycles. The first-order chi connectivity index (χ1) is 7.04. The molecule has 15 heavy (non-hydrogen) atoms. The second-order valence-electron chi connectivity index (χ2n) is 5.46. The zero-order valence-electron chi connectivity index (χ0n) is 10.8. The Morgan fingerprint density at radius 1 is 1.07 bits per heavy atom. The molecule has 3 nitrogen and oxygen atoms in total. The molecule has 1 saturated heterocycles. The average molecular weight is 213 g/mol. The molecule has 0 aromatic rings. The molecular weight excluding hydrogens is 186 g/mol. The number of nitrogens with zero attached hydrogens (tertiary/aromatic N) is 2. The number of hydrogen-bond donors (Lipinski definition) is 1. The third kappa shape index (κ3) is 4.49. The van der Waals surface area contributed by atoms with Crippen molar-refractivity contribution in [2.75, 3.05) is 46.3 Å². The van der Waals surface area contributed by atoms with E-state index in [1.54, 1.807) is 0 Å². The van der Waals surface area contributed by atoms with E-state index in [0.29, 0.717) is 5.54 Å². The number of rotatable bonds is 4. The number of hydrogen-bond acceptors (Lipinski definition) is 3. The van der Waals surface area contributed by atoms with Gasteiger partial charge in [-0.1, -0.05) is 0 Å². The van der Waals surface area contributed by atoms with Crippen LogP contribution < -0.4 is 5.32 Å². The van der Waals surface area contributed by atoms with Crippen LogP contribution in [0.2, 0.25) is 0 Å². The van der Waals surface area contributed by atoms with Crippen LogP contribution in [0.15, 0.2) is 0 Å². The second-order valence-corrected chi connectivity index (χ2v) is 5.46. The van der Waals surface area contributed by atoms with Gasteiger partial charge in [0.25, 0.3) is 0 Å². The lowest BCUT2D eigenvalue weighted by Gasteiger charge is -2.42.